The van der Waals surface area contributed by atoms with Crippen molar-refractivity contribution in [1.29, 1.82) is 5.26 Å². The molecule has 5 heteroatoms. The summed E-state index contributed by atoms with van der Waals surface area (Å²) in [6, 6.07) is 6.03. The number of benzene rings is 1. The highest BCUT2D eigenvalue weighted by Crippen LogP contribution is 2.31. The lowest BCUT2D eigenvalue weighted by atomic mass is 9.95. The number of aromatic nitrogens is 1. The molecule has 20 heavy (non-hydrogen) atoms. The first-order valence-corrected chi connectivity index (χ1v) is 6.19. The van der Waals surface area contributed by atoms with Crippen LogP contribution in [0.5, 0.6) is 0 Å². The number of rotatable bonds is 2. The molecule has 0 saturated heterocycles. The maximum atomic E-state index is 11.7. The van der Waals surface area contributed by atoms with Crippen LogP contribution >= 0.6 is 0 Å². The summed E-state index contributed by atoms with van der Waals surface area (Å²) < 4.78 is 5.05. The minimum atomic E-state index is -0.456. The van der Waals surface area contributed by atoms with E-state index in [0.717, 1.165) is 22.3 Å². The van der Waals surface area contributed by atoms with Gasteiger partial charge in [-0.2, -0.15) is 5.26 Å². The average molecular weight is 269 g/mol. The number of aryl methyl sites for hydroxylation is 3. The van der Waals surface area contributed by atoms with Gasteiger partial charge >= 0.3 is 0 Å². The van der Waals surface area contributed by atoms with Crippen LogP contribution in [-0.2, 0) is 0 Å². The van der Waals surface area contributed by atoms with Gasteiger partial charge in [0.05, 0.1) is 0 Å². The Labute approximate surface area is 117 Å². The second-order valence-corrected chi connectivity index (χ2v) is 4.70. The monoisotopic (exact) mass is 269 g/mol. The predicted octanol–water partition coefficient (Wildman–Crippen LogP) is 2.50. The molecule has 1 aromatic carbocycles. The fraction of sp³-hybridized carbons (Fsp3) is 0.267. The first-order valence-electron chi connectivity index (χ1n) is 6.19. The fourth-order valence-electron chi connectivity index (χ4n) is 2.39. The Bertz CT molecular complexity index is 700. The molecule has 0 aliphatic rings. The Hall–Kier alpha value is -2.61. The van der Waals surface area contributed by atoms with Crippen LogP contribution in [0, 0.1) is 32.1 Å². The minimum Gasteiger partial charge on any atom is -0.352 e. The molecule has 2 aromatic rings. The van der Waals surface area contributed by atoms with Crippen molar-refractivity contribution in [3.63, 3.8) is 0 Å². The van der Waals surface area contributed by atoms with E-state index in [0.29, 0.717) is 5.69 Å². The number of amides is 1. The van der Waals surface area contributed by atoms with Crippen molar-refractivity contribution in [2.75, 3.05) is 7.05 Å². The SMILES string of the molecule is CNC(=O)c1onc(-c2c(C)cc(C)cc2C)c1C#N. The molecule has 0 atom stereocenters. The van der Waals surface area contributed by atoms with Crippen LogP contribution < -0.4 is 5.32 Å². The molecule has 0 aliphatic heterocycles. The Balaban J connectivity index is 2.70. The summed E-state index contributed by atoms with van der Waals surface area (Å²) in [7, 11) is 1.48. The highest BCUT2D eigenvalue weighted by molar-refractivity contribution is 5.95. The van der Waals surface area contributed by atoms with E-state index in [1.165, 1.54) is 7.05 Å². The fourth-order valence-corrected chi connectivity index (χ4v) is 2.39. The summed E-state index contributed by atoms with van der Waals surface area (Å²) >= 11 is 0. The van der Waals surface area contributed by atoms with Crippen LogP contribution in [0.2, 0.25) is 0 Å². The van der Waals surface area contributed by atoms with E-state index in [4.69, 9.17) is 4.52 Å². The second kappa shape index (κ2) is 5.17. The summed E-state index contributed by atoms with van der Waals surface area (Å²) in [6.45, 7) is 5.91. The molecule has 102 valence electrons. The Morgan fingerprint density at radius 2 is 1.90 bits per heavy atom. The topological polar surface area (TPSA) is 78.9 Å². The molecule has 2 rings (SSSR count). The van der Waals surface area contributed by atoms with E-state index in [1.807, 2.05) is 39.0 Å². The van der Waals surface area contributed by atoms with Gasteiger partial charge in [-0.1, -0.05) is 22.9 Å². The van der Waals surface area contributed by atoms with Crippen LogP contribution in [0.4, 0.5) is 0 Å². The molecular weight excluding hydrogens is 254 g/mol. The van der Waals surface area contributed by atoms with Gasteiger partial charge in [-0.3, -0.25) is 4.79 Å². The van der Waals surface area contributed by atoms with E-state index < -0.39 is 5.91 Å². The molecule has 0 unspecified atom stereocenters. The number of nitrogens with one attached hydrogen (secondary N) is 1. The molecule has 0 spiro atoms. The quantitative estimate of drug-likeness (QED) is 0.908. The normalized spacial score (nSPS) is 10.2. The number of nitrogens with zero attached hydrogens (tertiary/aromatic N) is 2. The van der Waals surface area contributed by atoms with E-state index in [1.54, 1.807) is 0 Å². The lowest BCUT2D eigenvalue weighted by Gasteiger charge is -2.08. The maximum absolute atomic E-state index is 11.7. The van der Waals surface area contributed by atoms with Gasteiger partial charge in [0.25, 0.3) is 5.91 Å². The summed E-state index contributed by atoms with van der Waals surface area (Å²) in [6.07, 6.45) is 0. The first-order chi connectivity index (χ1) is 9.49. The van der Waals surface area contributed by atoms with Crippen molar-refractivity contribution in [3.05, 3.63) is 40.1 Å². The van der Waals surface area contributed by atoms with Crippen LogP contribution in [0.25, 0.3) is 11.3 Å². The molecule has 1 heterocycles. The van der Waals surface area contributed by atoms with Gasteiger partial charge in [-0.05, 0) is 31.9 Å². The number of hydrogen-bond donors (Lipinski definition) is 1. The van der Waals surface area contributed by atoms with Crippen molar-refractivity contribution in [3.8, 4) is 17.3 Å². The molecule has 0 saturated carbocycles. The number of nitriles is 1. The lowest BCUT2D eigenvalue weighted by Crippen LogP contribution is -2.18. The average Bonchev–Trinajstić information content (AvgIpc) is 2.80. The van der Waals surface area contributed by atoms with Crippen LogP contribution in [0.3, 0.4) is 0 Å². The highest BCUT2D eigenvalue weighted by atomic mass is 16.5. The third-order valence-electron chi connectivity index (χ3n) is 3.15. The smallest absolute Gasteiger partial charge is 0.291 e. The summed E-state index contributed by atoms with van der Waals surface area (Å²) in [5.74, 6) is -0.507. The number of carbonyl (C=O) groups is 1. The predicted molar refractivity (Wildman–Crippen MR) is 74.3 cm³/mol. The zero-order valence-corrected chi connectivity index (χ0v) is 11.9. The summed E-state index contributed by atoms with van der Waals surface area (Å²) in [4.78, 5) is 11.7. The largest absolute Gasteiger partial charge is 0.352 e. The Kier molecular flexibility index (Phi) is 3.57. The van der Waals surface area contributed by atoms with Crippen LogP contribution in [0.15, 0.2) is 16.7 Å². The molecule has 1 amide bonds. The van der Waals surface area contributed by atoms with Gasteiger partial charge in [-0.25, -0.2) is 0 Å². The van der Waals surface area contributed by atoms with Crippen LogP contribution in [0.1, 0.15) is 32.8 Å². The first kappa shape index (κ1) is 13.8. The van der Waals surface area contributed by atoms with E-state index in [9.17, 15) is 10.1 Å². The molecule has 5 nitrogen and oxygen atoms in total. The van der Waals surface area contributed by atoms with Gasteiger partial charge in [0.1, 0.15) is 17.3 Å². The third-order valence-corrected chi connectivity index (χ3v) is 3.15. The highest BCUT2D eigenvalue weighted by Gasteiger charge is 2.24. The molecular formula is C15H15N3O2. The van der Waals surface area contributed by atoms with Gasteiger partial charge < -0.3 is 9.84 Å². The van der Waals surface area contributed by atoms with E-state index in [2.05, 4.69) is 10.5 Å². The summed E-state index contributed by atoms with van der Waals surface area (Å²) in [5.41, 5.74) is 4.55. The maximum Gasteiger partial charge on any atom is 0.291 e. The molecule has 1 N–H and O–H groups in total. The molecule has 0 radical (unpaired) electrons. The Morgan fingerprint density at radius 3 is 2.40 bits per heavy atom. The number of carbonyl (C=O) groups excluding carboxylic acids is 1. The van der Waals surface area contributed by atoms with Crippen molar-refractivity contribution < 1.29 is 9.32 Å². The van der Waals surface area contributed by atoms with E-state index in [-0.39, 0.29) is 11.3 Å². The van der Waals surface area contributed by atoms with Crippen molar-refractivity contribution in [2.24, 2.45) is 0 Å². The lowest BCUT2D eigenvalue weighted by molar-refractivity contribution is 0.0926. The molecule has 0 bridgehead atoms. The molecule has 1 aromatic heterocycles. The molecule has 0 fully saturated rings. The molecule has 0 aliphatic carbocycles. The van der Waals surface area contributed by atoms with Crippen LogP contribution in [-0.4, -0.2) is 18.1 Å². The zero-order chi connectivity index (χ0) is 14.9. The van der Waals surface area contributed by atoms with Gasteiger partial charge in [0.2, 0.25) is 5.76 Å². The van der Waals surface area contributed by atoms with Gasteiger partial charge in [0, 0.05) is 12.6 Å². The van der Waals surface area contributed by atoms with Gasteiger partial charge in [0.15, 0.2) is 0 Å². The van der Waals surface area contributed by atoms with Crippen molar-refractivity contribution in [1.82, 2.24) is 10.5 Å². The summed E-state index contributed by atoms with van der Waals surface area (Å²) in [5, 5.41) is 15.7. The number of hydrogen-bond acceptors (Lipinski definition) is 4. The standard InChI is InChI=1S/C15H15N3O2/c1-8-5-9(2)12(10(3)6-8)13-11(7-16)14(20-18-13)15(19)17-4/h5-6H,1-4H3,(H,17,19). The second-order valence-electron chi connectivity index (χ2n) is 4.70. The third kappa shape index (κ3) is 2.16. The minimum absolute atomic E-state index is 0.0515. The Morgan fingerprint density at radius 1 is 1.30 bits per heavy atom. The van der Waals surface area contributed by atoms with E-state index >= 15 is 0 Å². The van der Waals surface area contributed by atoms with Crippen molar-refractivity contribution in [2.45, 2.75) is 20.8 Å². The zero-order valence-electron chi connectivity index (χ0n) is 11.9. The van der Waals surface area contributed by atoms with Crippen molar-refractivity contribution >= 4 is 5.91 Å². The van der Waals surface area contributed by atoms with Gasteiger partial charge in [-0.15, -0.1) is 0 Å².